The molecule has 108 valence electrons. The number of halogens is 1. The molecule has 1 aromatic carbocycles. The third kappa shape index (κ3) is 2.38. The van der Waals surface area contributed by atoms with Crippen molar-refractivity contribution in [2.45, 2.75) is 19.4 Å². The number of anilines is 1. The molecule has 2 atom stereocenters. The summed E-state index contributed by atoms with van der Waals surface area (Å²) in [4.78, 5) is 16.5. The van der Waals surface area contributed by atoms with Gasteiger partial charge in [-0.1, -0.05) is 6.07 Å². The van der Waals surface area contributed by atoms with Crippen LogP contribution in [0.2, 0.25) is 0 Å². The van der Waals surface area contributed by atoms with Crippen molar-refractivity contribution < 1.29 is 9.18 Å². The zero-order valence-corrected chi connectivity index (χ0v) is 11.9. The Bertz CT molecular complexity index is 534. The van der Waals surface area contributed by atoms with E-state index in [0.717, 1.165) is 31.6 Å². The van der Waals surface area contributed by atoms with E-state index in [1.165, 1.54) is 12.1 Å². The minimum absolute atomic E-state index is 0.124. The number of likely N-dealkylation sites (tertiary alicyclic amines) is 2. The van der Waals surface area contributed by atoms with Gasteiger partial charge in [-0.05, 0) is 50.6 Å². The summed E-state index contributed by atoms with van der Waals surface area (Å²) in [6.07, 6.45) is 1.16. The molecule has 2 saturated heterocycles. The smallest absolute Gasteiger partial charge is 0.321 e. The highest BCUT2D eigenvalue weighted by Crippen LogP contribution is 2.30. The van der Waals surface area contributed by atoms with Crippen LogP contribution in [-0.2, 0) is 0 Å². The van der Waals surface area contributed by atoms with E-state index in [4.69, 9.17) is 0 Å². The molecule has 4 nitrogen and oxygen atoms in total. The van der Waals surface area contributed by atoms with E-state index in [9.17, 15) is 9.18 Å². The van der Waals surface area contributed by atoms with Crippen molar-refractivity contribution in [2.24, 2.45) is 5.92 Å². The van der Waals surface area contributed by atoms with Crippen LogP contribution in [0, 0.1) is 18.7 Å². The number of carbonyl (C=O) groups is 1. The molecule has 2 amide bonds. The van der Waals surface area contributed by atoms with Crippen LogP contribution >= 0.6 is 0 Å². The van der Waals surface area contributed by atoms with Gasteiger partial charge in [0.1, 0.15) is 5.82 Å². The first-order valence-corrected chi connectivity index (χ1v) is 7.07. The van der Waals surface area contributed by atoms with Gasteiger partial charge in [0, 0.05) is 24.8 Å². The summed E-state index contributed by atoms with van der Waals surface area (Å²) < 4.78 is 13.2. The third-order valence-corrected chi connectivity index (χ3v) is 4.55. The number of hydrogen-bond acceptors (Lipinski definition) is 2. The van der Waals surface area contributed by atoms with Crippen molar-refractivity contribution in [3.63, 3.8) is 0 Å². The molecular formula is C15H20FN3O. The molecule has 2 aliphatic heterocycles. The summed E-state index contributed by atoms with van der Waals surface area (Å²) in [6, 6.07) is 4.81. The van der Waals surface area contributed by atoms with E-state index in [1.807, 2.05) is 11.8 Å². The summed E-state index contributed by atoms with van der Waals surface area (Å²) >= 11 is 0. The number of amides is 2. The normalized spacial score (nSPS) is 25.9. The van der Waals surface area contributed by atoms with E-state index in [1.54, 1.807) is 6.07 Å². The van der Waals surface area contributed by atoms with Crippen LogP contribution < -0.4 is 5.32 Å². The van der Waals surface area contributed by atoms with Crippen LogP contribution in [0.15, 0.2) is 18.2 Å². The lowest BCUT2D eigenvalue weighted by molar-refractivity contribution is 0.213. The van der Waals surface area contributed by atoms with Gasteiger partial charge in [0.15, 0.2) is 0 Å². The van der Waals surface area contributed by atoms with E-state index >= 15 is 0 Å². The highest BCUT2D eigenvalue weighted by Gasteiger charge is 2.41. The second-order valence-corrected chi connectivity index (χ2v) is 5.89. The van der Waals surface area contributed by atoms with Crippen molar-refractivity contribution in [3.8, 4) is 0 Å². The molecule has 0 unspecified atom stereocenters. The molecule has 20 heavy (non-hydrogen) atoms. The Balaban J connectivity index is 1.67. The molecule has 0 bridgehead atoms. The van der Waals surface area contributed by atoms with Crippen LogP contribution in [0.5, 0.6) is 0 Å². The van der Waals surface area contributed by atoms with Crippen LogP contribution in [0.3, 0.4) is 0 Å². The van der Waals surface area contributed by atoms with Gasteiger partial charge < -0.3 is 15.1 Å². The maximum Gasteiger partial charge on any atom is 0.321 e. The van der Waals surface area contributed by atoms with E-state index in [-0.39, 0.29) is 11.8 Å². The number of carbonyl (C=O) groups excluding carboxylic acids is 1. The van der Waals surface area contributed by atoms with Crippen LogP contribution in [0.4, 0.5) is 14.9 Å². The highest BCUT2D eigenvalue weighted by atomic mass is 19.1. The second-order valence-electron chi connectivity index (χ2n) is 5.89. The molecule has 0 radical (unpaired) electrons. The monoisotopic (exact) mass is 277 g/mol. The highest BCUT2D eigenvalue weighted by molar-refractivity contribution is 5.90. The number of nitrogens with zero attached hydrogens (tertiary/aromatic N) is 2. The minimum Gasteiger partial charge on any atom is -0.323 e. The molecule has 0 saturated carbocycles. The van der Waals surface area contributed by atoms with Crippen molar-refractivity contribution in [2.75, 3.05) is 32.0 Å². The Morgan fingerprint density at radius 3 is 2.95 bits per heavy atom. The van der Waals surface area contributed by atoms with Crippen LogP contribution in [0.25, 0.3) is 0 Å². The summed E-state index contributed by atoms with van der Waals surface area (Å²) in [6.45, 7) is 4.55. The zero-order valence-electron chi connectivity index (χ0n) is 11.9. The van der Waals surface area contributed by atoms with Gasteiger partial charge in [-0.3, -0.25) is 0 Å². The SMILES string of the molecule is Cc1ccc(F)cc1NC(=O)N1C[C@@H]2CCN(C)[C@@H]2C1. The van der Waals surface area contributed by atoms with Gasteiger partial charge in [-0.15, -0.1) is 0 Å². The van der Waals surface area contributed by atoms with E-state index < -0.39 is 0 Å². The number of nitrogens with one attached hydrogen (secondary N) is 1. The van der Waals surface area contributed by atoms with Gasteiger partial charge in [-0.2, -0.15) is 0 Å². The fraction of sp³-hybridized carbons (Fsp3) is 0.533. The number of hydrogen-bond donors (Lipinski definition) is 1. The van der Waals surface area contributed by atoms with Crippen molar-refractivity contribution >= 4 is 11.7 Å². The first-order chi connectivity index (χ1) is 9.54. The Kier molecular flexibility index (Phi) is 3.38. The lowest BCUT2D eigenvalue weighted by Gasteiger charge is -2.21. The lowest BCUT2D eigenvalue weighted by Crippen LogP contribution is -2.37. The molecule has 3 rings (SSSR count). The molecule has 5 heteroatoms. The number of likely N-dealkylation sites (N-methyl/N-ethyl adjacent to an activating group) is 1. The molecule has 0 aromatic heterocycles. The Morgan fingerprint density at radius 1 is 1.40 bits per heavy atom. The zero-order chi connectivity index (χ0) is 14.3. The molecule has 1 N–H and O–H groups in total. The molecule has 2 aliphatic rings. The molecule has 2 fully saturated rings. The van der Waals surface area contributed by atoms with E-state index in [0.29, 0.717) is 17.6 Å². The summed E-state index contributed by atoms with van der Waals surface area (Å²) in [5, 5.41) is 2.83. The van der Waals surface area contributed by atoms with Gasteiger partial charge in [0.05, 0.1) is 0 Å². The predicted molar refractivity (Wildman–Crippen MR) is 76.3 cm³/mol. The topological polar surface area (TPSA) is 35.6 Å². The minimum atomic E-state index is -0.330. The first-order valence-electron chi connectivity index (χ1n) is 7.07. The fourth-order valence-electron chi connectivity index (χ4n) is 3.26. The second kappa shape index (κ2) is 5.05. The average Bonchev–Trinajstić information content (AvgIpc) is 2.97. The lowest BCUT2D eigenvalue weighted by atomic mass is 10.1. The predicted octanol–water partition coefficient (Wildman–Crippen LogP) is 2.30. The first kappa shape index (κ1) is 13.4. The summed E-state index contributed by atoms with van der Waals surface area (Å²) in [7, 11) is 2.11. The number of rotatable bonds is 1. The number of aryl methyl sites for hydroxylation is 1. The molecule has 2 heterocycles. The van der Waals surface area contributed by atoms with Crippen molar-refractivity contribution in [1.82, 2.24) is 9.80 Å². The summed E-state index contributed by atoms with van der Waals surface area (Å²) in [5.41, 5.74) is 1.43. The van der Waals surface area contributed by atoms with E-state index in [2.05, 4.69) is 17.3 Å². The number of fused-ring (bicyclic) bond motifs is 1. The Hall–Kier alpha value is -1.62. The largest absolute Gasteiger partial charge is 0.323 e. The Labute approximate surface area is 118 Å². The molecular weight excluding hydrogens is 257 g/mol. The summed E-state index contributed by atoms with van der Waals surface area (Å²) in [5.74, 6) is 0.253. The molecule has 0 aliphatic carbocycles. The van der Waals surface area contributed by atoms with Crippen molar-refractivity contribution in [1.29, 1.82) is 0 Å². The van der Waals surface area contributed by atoms with Gasteiger partial charge in [-0.25, -0.2) is 9.18 Å². The fourth-order valence-corrected chi connectivity index (χ4v) is 3.26. The van der Waals surface area contributed by atoms with Gasteiger partial charge >= 0.3 is 6.03 Å². The quantitative estimate of drug-likeness (QED) is 0.855. The van der Waals surface area contributed by atoms with Gasteiger partial charge in [0.25, 0.3) is 0 Å². The number of urea groups is 1. The maximum absolute atomic E-state index is 13.2. The Morgan fingerprint density at radius 2 is 2.20 bits per heavy atom. The average molecular weight is 277 g/mol. The maximum atomic E-state index is 13.2. The van der Waals surface area contributed by atoms with Crippen LogP contribution in [-0.4, -0.2) is 48.6 Å². The molecule has 0 spiro atoms. The van der Waals surface area contributed by atoms with Gasteiger partial charge in [0.2, 0.25) is 0 Å². The third-order valence-electron chi connectivity index (χ3n) is 4.55. The molecule has 1 aromatic rings. The van der Waals surface area contributed by atoms with Crippen LogP contribution in [0.1, 0.15) is 12.0 Å². The standard InChI is InChI=1S/C15H20FN3O/c1-10-3-4-12(16)7-13(10)17-15(20)19-8-11-5-6-18(2)14(11)9-19/h3-4,7,11,14H,5-6,8-9H2,1-2H3,(H,17,20)/t11-,14+/m0/s1. The van der Waals surface area contributed by atoms with Crippen molar-refractivity contribution in [3.05, 3.63) is 29.6 Å². The number of benzene rings is 1.